The van der Waals surface area contributed by atoms with Crippen LogP contribution in [0.15, 0.2) is 30.3 Å². The Morgan fingerprint density at radius 3 is 2.60 bits per heavy atom. The summed E-state index contributed by atoms with van der Waals surface area (Å²) in [7, 11) is 2.16. The summed E-state index contributed by atoms with van der Waals surface area (Å²) in [4.78, 5) is 15.0. The fourth-order valence-corrected chi connectivity index (χ4v) is 3.93. The lowest BCUT2D eigenvalue weighted by atomic mass is 9.71. The molecule has 3 rings (SSSR count). The molecular formula is C16H22ClNO2. The molecule has 0 radical (unpaired) electrons. The lowest BCUT2D eigenvalue weighted by molar-refractivity contribution is -0.153. The van der Waals surface area contributed by atoms with Gasteiger partial charge in [0.1, 0.15) is 0 Å². The molecule has 1 saturated carbocycles. The first-order valence-corrected chi connectivity index (χ1v) is 7.11. The zero-order valence-electron chi connectivity index (χ0n) is 12.0. The van der Waals surface area contributed by atoms with E-state index in [0.717, 1.165) is 24.9 Å². The van der Waals surface area contributed by atoms with Gasteiger partial charge in [0.15, 0.2) is 0 Å². The zero-order chi connectivity index (χ0) is 13.5. The first kappa shape index (κ1) is 15.3. The molecule has 1 aliphatic heterocycles. The van der Waals surface area contributed by atoms with Gasteiger partial charge in [-0.15, -0.1) is 12.4 Å². The van der Waals surface area contributed by atoms with Gasteiger partial charge in [-0.25, -0.2) is 0 Å². The van der Waals surface area contributed by atoms with Crippen molar-refractivity contribution in [2.45, 2.75) is 31.2 Å². The quantitative estimate of drug-likeness (QED) is 0.803. The van der Waals surface area contributed by atoms with E-state index in [1.54, 1.807) is 0 Å². The summed E-state index contributed by atoms with van der Waals surface area (Å²) in [5, 5.41) is 0. The standard InChI is InChI=1S/C16H21NO2.ClH/c1-3-19-15(18)16(12-7-5-4-6-8-12)10-14-9-13(16)11-17(14)2;/h4-8,13-14H,3,9-11H2,1-2H3;1H. The minimum absolute atomic E-state index is 0. The number of ether oxygens (including phenoxy) is 1. The van der Waals surface area contributed by atoms with Crippen LogP contribution in [-0.4, -0.2) is 37.1 Å². The van der Waals surface area contributed by atoms with Gasteiger partial charge in [0, 0.05) is 12.6 Å². The Balaban J connectivity index is 0.00000147. The number of piperidine rings is 1. The van der Waals surface area contributed by atoms with Gasteiger partial charge in [0.25, 0.3) is 0 Å². The Kier molecular flexibility index (Phi) is 4.40. The number of hydrogen-bond donors (Lipinski definition) is 0. The lowest BCUT2D eigenvalue weighted by Gasteiger charge is -2.38. The molecule has 0 amide bonds. The van der Waals surface area contributed by atoms with E-state index >= 15 is 0 Å². The Bertz CT molecular complexity index is 477. The topological polar surface area (TPSA) is 29.5 Å². The van der Waals surface area contributed by atoms with Gasteiger partial charge in [0.05, 0.1) is 12.0 Å². The van der Waals surface area contributed by atoms with Gasteiger partial charge in [-0.2, -0.15) is 0 Å². The summed E-state index contributed by atoms with van der Waals surface area (Å²) >= 11 is 0. The second-order valence-electron chi connectivity index (χ2n) is 5.79. The summed E-state index contributed by atoms with van der Waals surface area (Å²) in [6.07, 6.45) is 2.02. The Labute approximate surface area is 126 Å². The molecule has 110 valence electrons. The first-order valence-electron chi connectivity index (χ1n) is 7.11. The highest BCUT2D eigenvalue weighted by Crippen LogP contribution is 2.52. The van der Waals surface area contributed by atoms with Gasteiger partial charge in [-0.05, 0) is 38.3 Å². The van der Waals surface area contributed by atoms with Crippen molar-refractivity contribution in [3.8, 4) is 0 Å². The maximum atomic E-state index is 12.6. The van der Waals surface area contributed by atoms with E-state index in [-0.39, 0.29) is 18.4 Å². The van der Waals surface area contributed by atoms with Gasteiger partial charge >= 0.3 is 5.97 Å². The van der Waals surface area contributed by atoms with E-state index in [0.29, 0.717) is 18.6 Å². The number of likely N-dealkylation sites (tertiary alicyclic amines) is 1. The summed E-state index contributed by atoms with van der Waals surface area (Å²) in [6, 6.07) is 10.7. The molecule has 1 aromatic carbocycles. The van der Waals surface area contributed by atoms with Crippen LogP contribution in [0.5, 0.6) is 0 Å². The average Bonchev–Trinajstić information content (AvgIpc) is 2.97. The summed E-state index contributed by atoms with van der Waals surface area (Å²) in [6.45, 7) is 3.34. The second kappa shape index (κ2) is 5.74. The molecule has 20 heavy (non-hydrogen) atoms. The number of esters is 1. The number of fused-ring (bicyclic) bond motifs is 2. The van der Waals surface area contributed by atoms with Crippen LogP contribution in [0.3, 0.4) is 0 Å². The van der Waals surface area contributed by atoms with Crippen molar-refractivity contribution in [3.05, 3.63) is 35.9 Å². The Morgan fingerprint density at radius 2 is 2.10 bits per heavy atom. The monoisotopic (exact) mass is 295 g/mol. The van der Waals surface area contributed by atoms with E-state index < -0.39 is 5.41 Å². The van der Waals surface area contributed by atoms with Crippen LogP contribution in [0.2, 0.25) is 0 Å². The highest BCUT2D eigenvalue weighted by molar-refractivity contribution is 5.85. The first-order chi connectivity index (χ1) is 9.18. The van der Waals surface area contributed by atoms with Crippen LogP contribution < -0.4 is 0 Å². The van der Waals surface area contributed by atoms with Crippen molar-refractivity contribution in [3.63, 3.8) is 0 Å². The smallest absolute Gasteiger partial charge is 0.316 e. The van der Waals surface area contributed by atoms with Crippen molar-refractivity contribution in [1.29, 1.82) is 0 Å². The van der Waals surface area contributed by atoms with Crippen LogP contribution in [-0.2, 0) is 14.9 Å². The van der Waals surface area contributed by atoms with Gasteiger partial charge in [0.2, 0.25) is 0 Å². The number of halogens is 1. The van der Waals surface area contributed by atoms with E-state index in [9.17, 15) is 4.79 Å². The number of carbonyl (C=O) groups is 1. The lowest BCUT2D eigenvalue weighted by Crippen LogP contribution is -2.48. The number of nitrogens with zero attached hydrogens (tertiary/aromatic N) is 1. The molecule has 2 bridgehead atoms. The normalized spacial score (nSPS) is 31.9. The molecule has 0 spiro atoms. The molecule has 3 atom stereocenters. The third kappa shape index (κ3) is 2.13. The molecular weight excluding hydrogens is 274 g/mol. The zero-order valence-corrected chi connectivity index (χ0v) is 12.9. The largest absolute Gasteiger partial charge is 0.465 e. The fraction of sp³-hybridized carbons (Fsp3) is 0.562. The van der Waals surface area contributed by atoms with Crippen LogP contribution >= 0.6 is 12.4 Å². The van der Waals surface area contributed by atoms with Crippen molar-refractivity contribution in [1.82, 2.24) is 4.90 Å². The Morgan fingerprint density at radius 1 is 1.40 bits per heavy atom. The van der Waals surface area contributed by atoms with Gasteiger partial charge in [-0.3, -0.25) is 4.79 Å². The molecule has 0 N–H and O–H groups in total. The third-order valence-electron chi connectivity index (χ3n) is 4.87. The third-order valence-corrected chi connectivity index (χ3v) is 4.87. The summed E-state index contributed by atoms with van der Waals surface area (Å²) in [5.74, 6) is 0.366. The second-order valence-corrected chi connectivity index (χ2v) is 5.79. The number of benzene rings is 1. The molecule has 0 aromatic heterocycles. The molecule has 3 unspecified atom stereocenters. The fourth-order valence-electron chi connectivity index (χ4n) is 3.93. The minimum atomic E-state index is -0.408. The predicted octanol–water partition coefficient (Wildman–Crippen LogP) is 2.63. The SMILES string of the molecule is CCOC(=O)C1(c2ccccc2)CC2CC1CN2C.Cl. The molecule has 2 aliphatic rings. The van der Waals surface area contributed by atoms with Crippen molar-refractivity contribution in [2.24, 2.45) is 5.92 Å². The van der Waals surface area contributed by atoms with E-state index in [1.165, 1.54) is 0 Å². The minimum Gasteiger partial charge on any atom is -0.465 e. The molecule has 2 fully saturated rings. The predicted molar refractivity (Wildman–Crippen MR) is 81.1 cm³/mol. The highest BCUT2D eigenvalue weighted by Gasteiger charge is 2.59. The van der Waals surface area contributed by atoms with Crippen molar-refractivity contribution < 1.29 is 9.53 Å². The van der Waals surface area contributed by atoms with Crippen LogP contribution in [0, 0.1) is 5.92 Å². The van der Waals surface area contributed by atoms with Gasteiger partial charge in [-0.1, -0.05) is 30.3 Å². The average molecular weight is 296 g/mol. The van der Waals surface area contributed by atoms with Crippen molar-refractivity contribution >= 4 is 18.4 Å². The number of carbonyl (C=O) groups excluding carboxylic acids is 1. The van der Waals surface area contributed by atoms with E-state index in [1.807, 2.05) is 25.1 Å². The highest BCUT2D eigenvalue weighted by atomic mass is 35.5. The van der Waals surface area contributed by atoms with E-state index in [2.05, 4.69) is 24.1 Å². The molecule has 3 nitrogen and oxygen atoms in total. The number of rotatable bonds is 3. The van der Waals surface area contributed by atoms with Crippen LogP contribution in [0.1, 0.15) is 25.3 Å². The molecule has 1 heterocycles. The maximum Gasteiger partial charge on any atom is 0.316 e. The number of hydrogen-bond acceptors (Lipinski definition) is 3. The van der Waals surface area contributed by atoms with Crippen LogP contribution in [0.25, 0.3) is 0 Å². The Hall–Kier alpha value is -1.06. The molecule has 1 saturated heterocycles. The molecule has 4 heteroatoms. The van der Waals surface area contributed by atoms with Crippen molar-refractivity contribution in [2.75, 3.05) is 20.2 Å². The maximum absolute atomic E-state index is 12.6. The molecule has 1 aromatic rings. The van der Waals surface area contributed by atoms with Gasteiger partial charge < -0.3 is 9.64 Å². The van der Waals surface area contributed by atoms with Crippen LogP contribution in [0.4, 0.5) is 0 Å². The molecule has 1 aliphatic carbocycles. The van der Waals surface area contributed by atoms with E-state index in [4.69, 9.17) is 4.74 Å². The summed E-state index contributed by atoms with van der Waals surface area (Å²) < 4.78 is 5.41. The summed E-state index contributed by atoms with van der Waals surface area (Å²) in [5.41, 5.74) is 0.725.